The van der Waals surface area contributed by atoms with Crippen molar-refractivity contribution in [3.8, 4) is 0 Å². The zero-order chi connectivity index (χ0) is 17.1. The molecule has 3 aliphatic heterocycles. The topological polar surface area (TPSA) is 62.2 Å². The van der Waals surface area contributed by atoms with Gasteiger partial charge in [0.2, 0.25) is 11.9 Å². The lowest BCUT2D eigenvalue weighted by atomic mass is 9.95. The number of aromatic nitrogens is 3. The summed E-state index contributed by atoms with van der Waals surface area (Å²) in [5.41, 5.74) is 0. The molecule has 2 atom stereocenters. The van der Waals surface area contributed by atoms with Gasteiger partial charge in [0.25, 0.3) is 0 Å². The fourth-order valence-corrected chi connectivity index (χ4v) is 4.40. The smallest absolute Gasteiger partial charge is 0.233 e. The molecule has 25 heavy (non-hydrogen) atoms. The van der Waals surface area contributed by atoms with Crippen LogP contribution in [0.5, 0.6) is 0 Å². The van der Waals surface area contributed by atoms with Gasteiger partial charge in [-0.05, 0) is 37.0 Å². The first-order valence-corrected chi connectivity index (χ1v) is 9.63. The van der Waals surface area contributed by atoms with Crippen molar-refractivity contribution < 1.29 is 4.79 Å². The Morgan fingerprint density at radius 1 is 1.04 bits per heavy atom. The Labute approximate surface area is 151 Å². The largest absolute Gasteiger partial charge is 0.338 e. The lowest BCUT2D eigenvalue weighted by molar-refractivity contribution is -0.132. The molecule has 0 radical (unpaired) electrons. The molecule has 2 aromatic heterocycles. The summed E-state index contributed by atoms with van der Waals surface area (Å²) in [7, 11) is 0. The van der Waals surface area contributed by atoms with Crippen LogP contribution in [0.4, 0.5) is 5.95 Å². The van der Waals surface area contributed by atoms with Crippen LogP contribution >= 0.6 is 11.8 Å². The van der Waals surface area contributed by atoms with Gasteiger partial charge < -0.3 is 9.80 Å². The van der Waals surface area contributed by atoms with Gasteiger partial charge in [0, 0.05) is 44.3 Å². The van der Waals surface area contributed by atoms with Gasteiger partial charge in [-0.15, -0.1) is 0 Å². The van der Waals surface area contributed by atoms with Crippen LogP contribution < -0.4 is 4.90 Å². The van der Waals surface area contributed by atoms with Crippen LogP contribution in [0.3, 0.4) is 0 Å². The van der Waals surface area contributed by atoms with Crippen LogP contribution in [-0.4, -0.2) is 57.2 Å². The highest BCUT2D eigenvalue weighted by molar-refractivity contribution is 7.99. The van der Waals surface area contributed by atoms with Crippen molar-refractivity contribution >= 4 is 23.6 Å². The van der Waals surface area contributed by atoms with Crippen molar-refractivity contribution in [1.29, 1.82) is 0 Å². The normalized spacial score (nSPS) is 22.7. The SMILES string of the molecule is O=C(CSc1ccccn1)N1CC2CCC1CN(c1ncccn1)C2. The number of nitrogens with zero attached hydrogens (tertiary/aromatic N) is 5. The summed E-state index contributed by atoms with van der Waals surface area (Å²) < 4.78 is 0. The molecule has 6 nitrogen and oxygen atoms in total. The van der Waals surface area contributed by atoms with E-state index in [2.05, 4.69) is 24.8 Å². The first kappa shape index (κ1) is 16.3. The molecular weight excluding hydrogens is 334 g/mol. The molecule has 130 valence electrons. The molecule has 2 bridgehead atoms. The van der Waals surface area contributed by atoms with E-state index in [9.17, 15) is 4.79 Å². The molecule has 0 aliphatic carbocycles. The van der Waals surface area contributed by atoms with Crippen molar-refractivity contribution in [2.45, 2.75) is 23.9 Å². The fourth-order valence-electron chi connectivity index (χ4n) is 3.66. The van der Waals surface area contributed by atoms with Gasteiger partial charge in [-0.1, -0.05) is 17.8 Å². The predicted octanol–water partition coefficient (Wildman–Crippen LogP) is 2.09. The van der Waals surface area contributed by atoms with E-state index in [0.717, 1.165) is 37.0 Å². The van der Waals surface area contributed by atoms with Crippen LogP contribution in [0, 0.1) is 5.92 Å². The standard InChI is InChI=1S/C18H21N5OS/c24-17(13-25-16-4-1-2-7-19-16)23-11-14-5-6-15(23)12-22(10-14)18-20-8-3-9-21-18/h1-4,7-9,14-15H,5-6,10-13H2. The number of hydrogen-bond acceptors (Lipinski definition) is 6. The van der Waals surface area contributed by atoms with Gasteiger partial charge in [0.05, 0.1) is 10.8 Å². The second kappa shape index (κ2) is 7.39. The maximum Gasteiger partial charge on any atom is 0.233 e. The minimum absolute atomic E-state index is 0.209. The summed E-state index contributed by atoms with van der Waals surface area (Å²) in [4.78, 5) is 30.2. The van der Waals surface area contributed by atoms with E-state index in [1.165, 1.54) is 18.2 Å². The Morgan fingerprint density at radius 2 is 1.88 bits per heavy atom. The molecule has 1 amide bonds. The summed E-state index contributed by atoms with van der Waals surface area (Å²) in [5.74, 6) is 1.92. The van der Waals surface area contributed by atoms with Gasteiger partial charge in [-0.25, -0.2) is 15.0 Å². The molecule has 3 aliphatic rings. The molecule has 3 fully saturated rings. The maximum atomic E-state index is 12.8. The highest BCUT2D eigenvalue weighted by Crippen LogP contribution is 2.30. The lowest BCUT2D eigenvalue weighted by Gasteiger charge is -2.36. The van der Waals surface area contributed by atoms with E-state index >= 15 is 0 Å². The molecular formula is C18H21N5OS. The Bertz CT molecular complexity index is 714. The number of hydrogen-bond donors (Lipinski definition) is 0. The summed E-state index contributed by atoms with van der Waals surface area (Å²) in [6.45, 7) is 2.59. The molecule has 7 heteroatoms. The second-order valence-electron chi connectivity index (χ2n) is 6.55. The molecule has 0 spiro atoms. The Kier molecular flexibility index (Phi) is 4.83. The van der Waals surface area contributed by atoms with E-state index in [0.29, 0.717) is 11.7 Å². The summed E-state index contributed by atoms with van der Waals surface area (Å²) >= 11 is 1.51. The van der Waals surface area contributed by atoms with Gasteiger partial charge in [-0.3, -0.25) is 4.79 Å². The number of amides is 1. The van der Waals surface area contributed by atoms with Crippen molar-refractivity contribution in [1.82, 2.24) is 19.9 Å². The van der Waals surface area contributed by atoms with Crippen molar-refractivity contribution in [3.05, 3.63) is 42.9 Å². The van der Waals surface area contributed by atoms with Crippen molar-refractivity contribution in [2.24, 2.45) is 5.92 Å². The number of anilines is 1. The molecule has 3 saturated heterocycles. The second-order valence-corrected chi connectivity index (χ2v) is 7.55. The zero-order valence-electron chi connectivity index (χ0n) is 14.0. The number of thioether (sulfide) groups is 1. The van der Waals surface area contributed by atoms with Crippen LogP contribution in [-0.2, 0) is 4.79 Å². The number of carbonyl (C=O) groups is 1. The molecule has 0 N–H and O–H groups in total. The first-order chi connectivity index (χ1) is 12.3. The highest BCUT2D eigenvalue weighted by atomic mass is 32.2. The third-order valence-corrected chi connectivity index (χ3v) is 5.78. The number of fused-ring (bicyclic) bond motifs is 4. The maximum absolute atomic E-state index is 12.8. The van der Waals surface area contributed by atoms with E-state index in [-0.39, 0.29) is 11.9 Å². The van der Waals surface area contributed by atoms with E-state index in [4.69, 9.17) is 0 Å². The number of piperidine rings is 1. The average Bonchev–Trinajstić information content (AvgIpc) is 3.00. The molecule has 5 heterocycles. The monoisotopic (exact) mass is 355 g/mol. The molecule has 0 aromatic carbocycles. The fraction of sp³-hybridized carbons (Fsp3) is 0.444. The molecule has 0 saturated carbocycles. The number of pyridine rings is 1. The lowest BCUT2D eigenvalue weighted by Crippen LogP contribution is -2.48. The average molecular weight is 355 g/mol. The zero-order valence-corrected chi connectivity index (χ0v) is 14.8. The number of carbonyl (C=O) groups excluding carboxylic acids is 1. The number of rotatable bonds is 4. The minimum atomic E-state index is 0.209. The third kappa shape index (κ3) is 3.76. The summed E-state index contributed by atoms with van der Waals surface area (Å²) in [6, 6.07) is 7.87. The summed E-state index contributed by atoms with van der Waals surface area (Å²) in [6.07, 6.45) is 7.56. The molecule has 5 rings (SSSR count). The molecule has 2 unspecified atom stereocenters. The quantitative estimate of drug-likeness (QED) is 0.783. The minimum Gasteiger partial charge on any atom is -0.338 e. The van der Waals surface area contributed by atoms with Crippen LogP contribution in [0.15, 0.2) is 47.9 Å². The Morgan fingerprint density at radius 3 is 2.68 bits per heavy atom. The van der Waals surface area contributed by atoms with Crippen LogP contribution in [0.1, 0.15) is 12.8 Å². The van der Waals surface area contributed by atoms with Gasteiger partial charge >= 0.3 is 0 Å². The van der Waals surface area contributed by atoms with Gasteiger partial charge in [-0.2, -0.15) is 0 Å². The predicted molar refractivity (Wildman–Crippen MR) is 97.4 cm³/mol. The molecule has 2 aromatic rings. The van der Waals surface area contributed by atoms with Crippen molar-refractivity contribution in [3.63, 3.8) is 0 Å². The van der Waals surface area contributed by atoms with Gasteiger partial charge in [0.1, 0.15) is 0 Å². The van der Waals surface area contributed by atoms with Crippen LogP contribution in [0.2, 0.25) is 0 Å². The Hall–Kier alpha value is -2.15. The van der Waals surface area contributed by atoms with Gasteiger partial charge in [0.15, 0.2) is 0 Å². The van der Waals surface area contributed by atoms with Crippen molar-refractivity contribution in [2.75, 3.05) is 30.3 Å². The Balaban J connectivity index is 1.42. The third-order valence-electron chi connectivity index (χ3n) is 4.85. The van der Waals surface area contributed by atoms with E-state index < -0.39 is 0 Å². The highest BCUT2D eigenvalue weighted by Gasteiger charge is 2.37. The summed E-state index contributed by atoms with van der Waals surface area (Å²) in [5, 5.41) is 0.898. The first-order valence-electron chi connectivity index (χ1n) is 8.65. The van der Waals surface area contributed by atoms with E-state index in [1.54, 1.807) is 18.6 Å². The van der Waals surface area contributed by atoms with Crippen LogP contribution in [0.25, 0.3) is 0 Å². The van der Waals surface area contributed by atoms with E-state index in [1.807, 2.05) is 24.3 Å².